The molecule has 4 aromatic carbocycles. The first-order valence-corrected chi connectivity index (χ1v) is 13.3. The molecular formula is C36H31Cl. The maximum absolute atomic E-state index is 6.45. The number of rotatable bonds is 4. The number of hydrogen-bond acceptors (Lipinski definition) is 0. The van der Waals surface area contributed by atoms with Crippen LogP contribution in [0.25, 0.3) is 39.0 Å². The largest absolute Gasteiger partial charge is 0.0990 e. The molecule has 0 radical (unpaired) electrons. The highest BCUT2D eigenvalue weighted by molar-refractivity contribution is 6.30. The van der Waals surface area contributed by atoms with E-state index in [9.17, 15) is 0 Å². The monoisotopic (exact) mass is 498 g/mol. The SMILES string of the molecule is C=C/C=C(\C=C)c1cc(-c2ccccc2)c2c(c1)-c1cc3c(cc1C2(C)C)-c1ccc(Cl)cc1C3(C)C. The molecule has 37 heavy (non-hydrogen) atoms. The van der Waals surface area contributed by atoms with E-state index in [-0.39, 0.29) is 10.8 Å². The highest BCUT2D eigenvalue weighted by Crippen LogP contribution is 2.58. The minimum atomic E-state index is -0.154. The van der Waals surface area contributed by atoms with Gasteiger partial charge in [0.1, 0.15) is 0 Å². The predicted octanol–water partition coefficient (Wildman–Crippen LogP) is 10.4. The first kappa shape index (κ1) is 23.8. The van der Waals surface area contributed by atoms with Crippen LogP contribution < -0.4 is 0 Å². The van der Waals surface area contributed by atoms with Crippen LogP contribution in [0.15, 0.2) is 104 Å². The Hall–Kier alpha value is -3.61. The van der Waals surface area contributed by atoms with Gasteiger partial charge in [0.15, 0.2) is 0 Å². The lowest BCUT2D eigenvalue weighted by Crippen LogP contribution is -2.17. The van der Waals surface area contributed by atoms with Gasteiger partial charge in [0.2, 0.25) is 0 Å². The quantitative estimate of drug-likeness (QED) is 0.245. The standard InChI is InChI=1S/C36H31Cl/c1-7-12-22(8-2)24-17-27(23-13-10-9-11-14-23)34-30(18-24)29-21-32-28(20-33(29)36(34,5)6)26-16-15-25(37)19-31(26)35(32,3)4/h7-21H,1-2H2,3-6H3/b22-12+. The van der Waals surface area contributed by atoms with Gasteiger partial charge in [-0.2, -0.15) is 0 Å². The highest BCUT2D eigenvalue weighted by atomic mass is 35.5. The topological polar surface area (TPSA) is 0 Å². The van der Waals surface area contributed by atoms with E-state index in [1.165, 1.54) is 55.6 Å². The van der Waals surface area contributed by atoms with Crippen molar-refractivity contribution < 1.29 is 0 Å². The Morgan fingerprint density at radius 2 is 1.30 bits per heavy atom. The molecule has 182 valence electrons. The summed E-state index contributed by atoms with van der Waals surface area (Å²) >= 11 is 6.45. The lowest BCUT2D eigenvalue weighted by atomic mass is 9.77. The van der Waals surface area contributed by atoms with Crippen LogP contribution >= 0.6 is 11.6 Å². The molecule has 0 aromatic heterocycles. The average molecular weight is 499 g/mol. The van der Waals surface area contributed by atoms with Crippen LogP contribution in [0.5, 0.6) is 0 Å². The van der Waals surface area contributed by atoms with E-state index < -0.39 is 0 Å². The lowest BCUT2D eigenvalue weighted by molar-refractivity contribution is 0.653. The Balaban J connectivity index is 1.68. The first-order valence-electron chi connectivity index (χ1n) is 12.9. The molecular weight excluding hydrogens is 468 g/mol. The molecule has 0 amide bonds. The molecule has 0 nitrogen and oxygen atoms in total. The Kier molecular flexibility index (Phi) is 5.27. The molecule has 0 fully saturated rings. The van der Waals surface area contributed by atoms with Crippen molar-refractivity contribution in [2.45, 2.75) is 38.5 Å². The third kappa shape index (κ3) is 3.36. The van der Waals surface area contributed by atoms with Crippen LogP contribution in [0.3, 0.4) is 0 Å². The fraction of sp³-hybridized carbons (Fsp3) is 0.167. The van der Waals surface area contributed by atoms with Gasteiger partial charge < -0.3 is 0 Å². The van der Waals surface area contributed by atoms with E-state index in [1.807, 2.05) is 24.3 Å². The van der Waals surface area contributed by atoms with Crippen LogP contribution in [0, 0.1) is 0 Å². The van der Waals surface area contributed by atoms with Gasteiger partial charge in [-0.3, -0.25) is 0 Å². The summed E-state index contributed by atoms with van der Waals surface area (Å²) in [6.07, 6.45) is 5.80. The normalized spacial score (nSPS) is 16.0. The van der Waals surface area contributed by atoms with Crippen molar-refractivity contribution in [1.29, 1.82) is 0 Å². The van der Waals surface area contributed by atoms with Crippen molar-refractivity contribution in [1.82, 2.24) is 0 Å². The molecule has 1 heteroatoms. The minimum Gasteiger partial charge on any atom is -0.0990 e. The third-order valence-corrected chi connectivity index (χ3v) is 8.67. The molecule has 0 N–H and O–H groups in total. The molecule has 0 saturated carbocycles. The number of fused-ring (bicyclic) bond motifs is 6. The summed E-state index contributed by atoms with van der Waals surface area (Å²) in [7, 11) is 0. The number of halogens is 1. The smallest absolute Gasteiger partial charge is 0.0409 e. The van der Waals surface area contributed by atoms with Crippen molar-refractivity contribution >= 4 is 17.2 Å². The van der Waals surface area contributed by atoms with E-state index in [2.05, 4.69) is 108 Å². The zero-order valence-corrected chi connectivity index (χ0v) is 22.7. The fourth-order valence-electron chi connectivity index (χ4n) is 6.58. The zero-order chi connectivity index (χ0) is 26.1. The third-order valence-electron chi connectivity index (χ3n) is 8.44. The average Bonchev–Trinajstić information content (AvgIpc) is 3.25. The molecule has 0 unspecified atom stereocenters. The van der Waals surface area contributed by atoms with E-state index in [1.54, 1.807) is 0 Å². The van der Waals surface area contributed by atoms with E-state index in [0.29, 0.717) is 0 Å². The van der Waals surface area contributed by atoms with Gasteiger partial charge in [-0.15, -0.1) is 0 Å². The Labute approximate surface area is 225 Å². The van der Waals surface area contributed by atoms with Gasteiger partial charge >= 0.3 is 0 Å². The molecule has 0 aliphatic heterocycles. The molecule has 0 bridgehead atoms. The summed E-state index contributed by atoms with van der Waals surface area (Å²) in [6.45, 7) is 17.4. The minimum absolute atomic E-state index is 0.119. The van der Waals surface area contributed by atoms with E-state index >= 15 is 0 Å². The fourth-order valence-corrected chi connectivity index (χ4v) is 6.75. The Morgan fingerprint density at radius 1 is 0.676 bits per heavy atom. The van der Waals surface area contributed by atoms with Gasteiger partial charge in [-0.1, -0.05) is 107 Å². The lowest BCUT2D eigenvalue weighted by Gasteiger charge is -2.26. The second kappa shape index (κ2) is 8.20. The van der Waals surface area contributed by atoms with Gasteiger partial charge in [0.05, 0.1) is 0 Å². The number of allylic oxidation sites excluding steroid dienone is 4. The van der Waals surface area contributed by atoms with E-state index in [0.717, 1.165) is 16.2 Å². The summed E-state index contributed by atoms with van der Waals surface area (Å²) in [4.78, 5) is 0. The summed E-state index contributed by atoms with van der Waals surface area (Å²) < 4.78 is 0. The predicted molar refractivity (Wildman–Crippen MR) is 160 cm³/mol. The Morgan fingerprint density at radius 3 is 1.97 bits per heavy atom. The maximum Gasteiger partial charge on any atom is 0.0409 e. The summed E-state index contributed by atoms with van der Waals surface area (Å²) in [5.41, 5.74) is 15.2. The molecule has 0 spiro atoms. The van der Waals surface area contributed by atoms with Crippen LogP contribution in [0.4, 0.5) is 0 Å². The van der Waals surface area contributed by atoms with Crippen LogP contribution in [0.1, 0.15) is 55.5 Å². The zero-order valence-electron chi connectivity index (χ0n) is 22.0. The molecule has 0 heterocycles. The number of benzene rings is 4. The Bertz CT molecular complexity index is 1640. The van der Waals surface area contributed by atoms with Gasteiger partial charge in [0, 0.05) is 15.9 Å². The van der Waals surface area contributed by atoms with Gasteiger partial charge in [-0.05, 0) is 103 Å². The van der Waals surface area contributed by atoms with Crippen molar-refractivity contribution in [3.05, 3.63) is 137 Å². The number of hydrogen-bond donors (Lipinski definition) is 0. The van der Waals surface area contributed by atoms with Crippen LogP contribution in [0.2, 0.25) is 5.02 Å². The van der Waals surface area contributed by atoms with Crippen molar-refractivity contribution in [2.75, 3.05) is 0 Å². The second-order valence-electron chi connectivity index (χ2n) is 11.3. The second-order valence-corrected chi connectivity index (χ2v) is 11.7. The molecule has 2 aliphatic rings. The summed E-state index contributed by atoms with van der Waals surface area (Å²) in [5.74, 6) is 0. The van der Waals surface area contributed by atoms with Crippen molar-refractivity contribution in [2.24, 2.45) is 0 Å². The summed E-state index contributed by atoms with van der Waals surface area (Å²) in [6, 6.07) is 26.7. The van der Waals surface area contributed by atoms with Crippen LogP contribution in [-0.2, 0) is 10.8 Å². The molecule has 2 aliphatic carbocycles. The molecule has 0 saturated heterocycles. The first-order chi connectivity index (χ1) is 17.7. The highest BCUT2D eigenvalue weighted by Gasteiger charge is 2.43. The molecule has 4 aromatic rings. The summed E-state index contributed by atoms with van der Waals surface area (Å²) in [5, 5.41) is 0.793. The van der Waals surface area contributed by atoms with Gasteiger partial charge in [-0.25, -0.2) is 0 Å². The van der Waals surface area contributed by atoms with Crippen molar-refractivity contribution in [3.63, 3.8) is 0 Å². The molecule has 6 rings (SSSR count). The molecule has 0 atom stereocenters. The van der Waals surface area contributed by atoms with Crippen molar-refractivity contribution in [3.8, 4) is 33.4 Å². The van der Waals surface area contributed by atoms with Gasteiger partial charge in [0.25, 0.3) is 0 Å². The van der Waals surface area contributed by atoms with Crippen LogP contribution in [-0.4, -0.2) is 0 Å². The maximum atomic E-state index is 6.45. The van der Waals surface area contributed by atoms with E-state index in [4.69, 9.17) is 11.6 Å².